The third kappa shape index (κ3) is 4.16. The lowest BCUT2D eigenvalue weighted by molar-refractivity contribution is 0.101. The highest BCUT2D eigenvalue weighted by molar-refractivity contribution is 5.95. The average Bonchev–Trinajstić information content (AvgIpc) is 2.62. The van der Waals surface area contributed by atoms with E-state index in [9.17, 15) is 4.79 Å². The van der Waals surface area contributed by atoms with Gasteiger partial charge in [-0.1, -0.05) is 24.3 Å². The van der Waals surface area contributed by atoms with Crippen LogP contribution in [0.25, 0.3) is 0 Å². The first-order chi connectivity index (χ1) is 12.5. The SMILES string of the molecule is COc1ccccc1Nc1cc(C)nc(Nc2cccc(C(C)=O)c2)n1. The molecule has 0 saturated heterocycles. The van der Waals surface area contributed by atoms with Gasteiger partial charge >= 0.3 is 0 Å². The summed E-state index contributed by atoms with van der Waals surface area (Å²) in [5.41, 5.74) is 3.02. The predicted molar refractivity (Wildman–Crippen MR) is 103 cm³/mol. The maximum atomic E-state index is 11.5. The predicted octanol–water partition coefficient (Wildman–Crippen LogP) is 4.48. The van der Waals surface area contributed by atoms with Gasteiger partial charge in [0.15, 0.2) is 5.78 Å². The summed E-state index contributed by atoms with van der Waals surface area (Å²) >= 11 is 0. The molecular formula is C20H20N4O2. The molecule has 0 bridgehead atoms. The van der Waals surface area contributed by atoms with E-state index in [4.69, 9.17) is 4.74 Å². The Bertz CT molecular complexity index is 941. The van der Waals surface area contributed by atoms with E-state index in [0.29, 0.717) is 17.3 Å². The molecule has 0 aliphatic carbocycles. The topological polar surface area (TPSA) is 76.1 Å². The average molecular weight is 348 g/mol. The van der Waals surface area contributed by atoms with Crippen molar-refractivity contribution in [3.8, 4) is 5.75 Å². The van der Waals surface area contributed by atoms with Crippen LogP contribution in [0.15, 0.2) is 54.6 Å². The van der Waals surface area contributed by atoms with Crippen molar-refractivity contribution in [1.29, 1.82) is 0 Å². The molecule has 26 heavy (non-hydrogen) atoms. The molecule has 6 nitrogen and oxygen atoms in total. The van der Waals surface area contributed by atoms with Gasteiger partial charge in [0.25, 0.3) is 0 Å². The van der Waals surface area contributed by atoms with Gasteiger partial charge in [-0.05, 0) is 38.1 Å². The van der Waals surface area contributed by atoms with E-state index in [0.717, 1.165) is 22.8 Å². The van der Waals surface area contributed by atoms with Gasteiger partial charge in [-0.2, -0.15) is 4.98 Å². The van der Waals surface area contributed by atoms with Gasteiger partial charge in [-0.15, -0.1) is 0 Å². The second-order valence-electron chi connectivity index (χ2n) is 5.81. The van der Waals surface area contributed by atoms with Gasteiger partial charge in [0.05, 0.1) is 12.8 Å². The van der Waals surface area contributed by atoms with Gasteiger partial charge in [-0.25, -0.2) is 4.98 Å². The lowest BCUT2D eigenvalue weighted by Gasteiger charge is -2.12. The summed E-state index contributed by atoms with van der Waals surface area (Å²) in [6, 6.07) is 16.7. The Kier molecular flexibility index (Phi) is 5.12. The molecule has 1 heterocycles. The number of benzene rings is 2. The second kappa shape index (κ2) is 7.65. The van der Waals surface area contributed by atoms with Gasteiger partial charge in [0, 0.05) is 23.0 Å². The summed E-state index contributed by atoms with van der Waals surface area (Å²) in [4.78, 5) is 20.5. The van der Waals surface area contributed by atoms with E-state index >= 15 is 0 Å². The minimum atomic E-state index is 0.0114. The quantitative estimate of drug-likeness (QED) is 0.640. The number of hydrogen-bond donors (Lipinski definition) is 2. The lowest BCUT2D eigenvalue weighted by Crippen LogP contribution is -2.03. The number of aryl methyl sites for hydroxylation is 1. The van der Waals surface area contributed by atoms with Gasteiger partial charge in [0.1, 0.15) is 11.6 Å². The largest absolute Gasteiger partial charge is 0.495 e. The standard InChI is InChI=1S/C20H20N4O2/c1-13-11-19(23-17-9-4-5-10-18(17)26-3)24-20(21-13)22-16-8-6-7-15(12-16)14(2)25/h4-12H,1-3H3,(H2,21,22,23,24). The van der Waals surface area contributed by atoms with Crippen LogP contribution in [0.4, 0.5) is 23.1 Å². The third-order valence-corrected chi connectivity index (χ3v) is 3.75. The van der Waals surface area contributed by atoms with Gasteiger partial charge in [0.2, 0.25) is 5.95 Å². The molecule has 0 radical (unpaired) electrons. The zero-order valence-corrected chi connectivity index (χ0v) is 14.9. The molecule has 0 aliphatic heterocycles. The number of ketones is 1. The maximum Gasteiger partial charge on any atom is 0.229 e. The molecule has 2 N–H and O–H groups in total. The molecule has 3 rings (SSSR count). The molecular weight excluding hydrogens is 328 g/mol. The first kappa shape index (κ1) is 17.4. The van der Waals surface area contributed by atoms with Crippen LogP contribution < -0.4 is 15.4 Å². The van der Waals surface area contributed by atoms with E-state index in [1.54, 1.807) is 19.2 Å². The molecule has 0 spiro atoms. The summed E-state index contributed by atoms with van der Waals surface area (Å²) < 4.78 is 5.36. The molecule has 0 amide bonds. The minimum absolute atomic E-state index is 0.0114. The number of methoxy groups -OCH3 is 1. The van der Waals surface area contributed by atoms with Gasteiger partial charge in [-0.3, -0.25) is 4.79 Å². The van der Waals surface area contributed by atoms with Crippen LogP contribution in [0.3, 0.4) is 0 Å². The molecule has 6 heteroatoms. The number of carbonyl (C=O) groups excluding carboxylic acids is 1. The Morgan fingerprint density at radius 3 is 2.58 bits per heavy atom. The number of nitrogens with zero attached hydrogens (tertiary/aromatic N) is 2. The van der Waals surface area contributed by atoms with Crippen LogP contribution >= 0.6 is 0 Å². The fourth-order valence-electron chi connectivity index (χ4n) is 2.52. The summed E-state index contributed by atoms with van der Waals surface area (Å²) in [6.45, 7) is 3.43. The Hall–Kier alpha value is -3.41. The molecule has 0 saturated carbocycles. The second-order valence-corrected chi connectivity index (χ2v) is 5.81. The summed E-state index contributed by atoms with van der Waals surface area (Å²) in [7, 11) is 1.63. The number of carbonyl (C=O) groups is 1. The Balaban J connectivity index is 1.86. The van der Waals surface area contributed by atoms with E-state index in [1.807, 2.05) is 49.4 Å². The number of hydrogen-bond acceptors (Lipinski definition) is 6. The van der Waals surface area contributed by atoms with Crippen molar-refractivity contribution >= 4 is 28.9 Å². The number of aromatic nitrogens is 2. The molecule has 0 aliphatic rings. The van der Waals surface area contributed by atoms with Gasteiger partial charge < -0.3 is 15.4 Å². The summed E-state index contributed by atoms with van der Waals surface area (Å²) in [6.07, 6.45) is 0. The van der Waals surface area contributed by atoms with Crippen molar-refractivity contribution in [3.05, 3.63) is 65.9 Å². The van der Waals surface area contributed by atoms with E-state index < -0.39 is 0 Å². The maximum absolute atomic E-state index is 11.5. The van der Waals surface area contributed by atoms with Crippen molar-refractivity contribution in [1.82, 2.24) is 9.97 Å². The number of Topliss-reactive ketones (excluding diaryl/α,β-unsaturated/α-hetero) is 1. The van der Waals surface area contributed by atoms with Crippen molar-refractivity contribution in [2.75, 3.05) is 17.7 Å². The third-order valence-electron chi connectivity index (χ3n) is 3.75. The van der Waals surface area contributed by atoms with E-state index in [2.05, 4.69) is 20.6 Å². The molecule has 0 atom stereocenters. The number of rotatable bonds is 6. The minimum Gasteiger partial charge on any atom is -0.495 e. The zero-order chi connectivity index (χ0) is 18.5. The lowest BCUT2D eigenvalue weighted by atomic mass is 10.1. The molecule has 0 fully saturated rings. The van der Waals surface area contributed by atoms with Crippen LogP contribution in [-0.4, -0.2) is 22.9 Å². The van der Waals surface area contributed by atoms with Crippen LogP contribution in [0.5, 0.6) is 5.75 Å². The smallest absolute Gasteiger partial charge is 0.229 e. The van der Waals surface area contributed by atoms with Crippen molar-refractivity contribution < 1.29 is 9.53 Å². The van der Waals surface area contributed by atoms with E-state index in [-0.39, 0.29) is 5.78 Å². The first-order valence-electron chi connectivity index (χ1n) is 8.19. The van der Waals surface area contributed by atoms with Crippen LogP contribution in [0.1, 0.15) is 23.0 Å². The van der Waals surface area contributed by atoms with Crippen LogP contribution in [0, 0.1) is 6.92 Å². The molecule has 132 valence electrons. The molecule has 0 unspecified atom stereocenters. The Morgan fingerprint density at radius 1 is 1.00 bits per heavy atom. The molecule has 3 aromatic rings. The summed E-state index contributed by atoms with van der Waals surface area (Å²) in [5, 5.41) is 6.40. The highest BCUT2D eigenvalue weighted by Crippen LogP contribution is 2.27. The number of para-hydroxylation sites is 2. The highest BCUT2D eigenvalue weighted by atomic mass is 16.5. The monoisotopic (exact) mass is 348 g/mol. The van der Waals surface area contributed by atoms with Crippen molar-refractivity contribution in [3.63, 3.8) is 0 Å². The normalized spacial score (nSPS) is 10.3. The van der Waals surface area contributed by atoms with Crippen LogP contribution in [0.2, 0.25) is 0 Å². The first-order valence-corrected chi connectivity index (χ1v) is 8.19. The fraction of sp³-hybridized carbons (Fsp3) is 0.150. The van der Waals surface area contributed by atoms with Crippen molar-refractivity contribution in [2.24, 2.45) is 0 Å². The molecule has 2 aromatic carbocycles. The number of anilines is 4. The Morgan fingerprint density at radius 2 is 1.81 bits per heavy atom. The fourth-order valence-corrected chi connectivity index (χ4v) is 2.52. The van der Waals surface area contributed by atoms with Crippen molar-refractivity contribution in [2.45, 2.75) is 13.8 Å². The highest BCUT2D eigenvalue weighted by Gasteiger charge is 2.07. The summed E-state index contributed by atoms with van der Waals surface area (Å²) in [5.74, 6) is 1.83. The Labute approximate surface area is 152 Å². The van der Waals surface area contributed by atoms with E-state index in [1.165, 1.54) is 6.92 Å². The number of nitrogens with one attached hydrogen (secondary N) is 2. The number of ether oxygens (including phenoxy) is 1. The zero-order valence-electron chi connectivity index (χ0n) is 14.9. The van der Waals surface area contributed by atoms with Crippen LogP contribution in [-0.2, 0) is 0 Å². The molecule has 1 aromatic heterocycles.